The first kappa shape index (κ1) is 11.6. The van der Waals surface area contributed by atoms with E-state index in [1.54, 1.807) is 23.7 Å². The third kappa shape index (κ3) is 2.82. The van der Waals surface area contributed by atoms with Crippen LogP contribution in [0.25, 0.3) is 0 Å². The fourth-order valence-electron chi connectivity index (χ4n) is 1.31. The van der Waals surface area contributed by atoms with Gasteiger partial charge in [0.25, 0.3) is 0 Å². The van der Waals surface area contributed by atoms with E-state index in [0.717, 1.165) is 0 Å². The second-order valence-electron chi connectivity index (χ2n) is 3.20. The number of hydrogen-bond acceptors (Lipinski definition) is 5. The minimum absolute atomic E-state index is 0.455. The summed E-state index contributed by atoms with van der Waals surface area (Å²) in [5.41, 5.74) is 0. The van der Waals surface area contributed by atoms with Crippen molar-refractivity contribution in [1.82, 2.24) is 4.98 Å². The van der Waals surface area contributed by atoms with E-state index in [2.05, 4.69) is 4.98 Å². The molecule has 2 rings (SSSR count). The van der Waals surface area contributed by atoms with Crippen molar-refractivity contribution >= 4 is 17.3 Å². The van der Waals surface area contributed by atoms with Crippen molar-refractivity contribution in [2.45, 2.75) is 6.10 Å². The molecular formula is C12H11NO3S. The van der Waals surface area contributed by atoms with Crippen LogP contribution in [0.2, 0.25) is 0 Å². The van der Waals surface area contributed by atoms with Crippen molar-refractivity contribution in [3.05, 3.63) is 46.9 Å². The zero-order valence-corrected chi connectivity index (χ0v) is 10.0. The molecule has 1 unspecified atom stereocenters. The van der Waals surface area contributed by atoms with Crippen LogP contribution in [0.15, 0.2) is 41.9 Å². The van der Waals surface area contributed by atoms with Gasteiger partial charge in [-0.05, 0) is 12.1 Å². The zero-order chi connectivity index (χ0) is 12.1. The van der Waals surface area contributed by atoms with Crippen LogP contribution in [0.5, 0.6) is 5.75 Å². The van der Waals surface area contributed by atoms with Crippen molar-refractivity contribution in [2.75, 3.05) is 7.11 Å². The Balaban J connectivity index is 2.20. The molecule has 0 amide bonds. The van der Waals surface area contributed by atoms with Gasteiger partial charge < -0.3 is 9.47 Å². The van der Waals surface area contributed by atoms with Crippen molar-refractivity contribution in [1.29, 1.82) is 0 Å². The standard InChI is InChI=1S/C12H11NO3S/c1-15-12(14)10(11-13-7-8-17-11)16-9-5-3-2-4-6-9/h2-8,10H,1H3. The van der Waals surface area contributed by atoms with E-state index in [-0.39, 0.29) is 0 Å². The molecule has 1 atom stereocenters. The monoisotopic (exact) mass is 249 g/mol. The highest BCUT2D eigenvalue weighted by molar-refractivity contribution is 7.09. The Kier molecular flexibility index (Phi) is 3.72. The van der Waals surface area contributed by atoms with Crippen LogP contribution in [0.4, 0.5) is 0 Å². The van der Waals surface area contributed by atoms with E-state index in [9.17, 15) is 4.79 Å². The van der Waals surface area contributed by atoms with Gasteiger partial charge in [-0.25, -0.2) is 9.78 Å². The summed E-state index contributed by atoms with van der Waals surface area (Å²) in [5, 5.41) is 2.38. The highest BCUT2D eigenvalue weighted by Gasteiger charge is 2.25. The second kappa shape index (κ2) is 5.45. The van der Waals surface area contributed by atoms with Crippen LogP contribution in [0.1, 0.15) is 11.1 Å². The maximum atomic E-state index is 11.6. The zero-order valence-electron chi connectivity index (χ0n) is 9.20. The number of thiazole rings is 1. The Bertz CT molecular complexity index is 470. The summed E-state index contributed by atoms with van der Waals surface area (Å²) in [6.07, 6.45) is 0.826. The summed E-state index contributed by atoms with van der Waals surface area (Å²) >= 11 is 1.36. The van der Waals surface area contributed by atoms with Gasteiger partial charge in [-0.15, -0.1) is 11.3 Å². The number of benzene rings is 1. The molecule has 0 N–H and O–H groups in total. The number of para-hydroxylation sites is 1. The van der Waals surface area contributed by atoms with Gasteiger partial charge in [0.15, 0.2) is 0 Å². The van der Waals surface area contributed by atoms with Crippen molar-refractivity contribution in [3.8, 4) is 5.75 Å². The number of carbonyl (C=O) groups excluding carboxylic acids is 1. The maximum Gasteiger partial charge on any atom is 0.354 e. The third-order valence-corrected chi connectivity index (χ3v) is 2.91. The van der Waals surface area contributed by atoms with Gasteiger partial charge in [-0.2, -0.15) is 0 Å². The van der Waals surface area contributed by atoms with E-state index in [4.69, 9.17) is 9.47 Å². The highest BCUT2D eigenvalue weighted by atomic mass is 32.1. The Labute approximate surface area is 103 Å². The Morgan fingerprint density at radius 2 is 2.12 bits per heavy atom. The van der Waals surface area contributed by atoms with Crippen LogP contribution >= 0.6 is 11.3 Å². The first-order valence-corrected chi connectivity index (χ1v) is 5.88. The summed E-state index contributed by atoms with van der Waals surface area (Å²) in [4.78, 5) is 15.7. The topological polar surface area (TPSA) is 48.4 Å². The molecule has 4 nitrogen and oxygen atoms in total. The summed E-state index contributed by atoms with van der Waals surface area (Å²) in [6.45, 7) is 0. The van der Waals surface area contributed by atoms with E-state index in [0.29, 0.717) is 10.8 Å². The molecule has 0 fully saturated rings. The number of aromatic nitrogens is 1. The van der Waals surface area contributed by atoms with Gasteiger partial charge in [0.1, 0.15) is 10.8 Å². The first-order valence-electron chi connectivity index (χ1n) is 5.00. The number of methoxy groups -OCH3 is 1. The minimum Gasteiger partial charge on any atom is -0.471 e. The van der Waals surface area contributed by atoms with Crippen LogP contribution in [-0.2, 0) is 9.53 Å². The van der Waals surface area contributed by atoms with Gasteiger partial charge in [0.2, 0.25) is 6.10 Å². The lowest BCUT2D eigenvalue weighted by atomic mass is 10.3. The van der Waals surface area contributed by atoms with E-state index in [1.807, 2.05) is 18.2 Å². The SMILES string of the molecule is COC(=O)C(Oc1ccccc1)c1nccs1. The van der Waals surface area contributed by atoms with E-state index in [1.165, 1.54) is 18.4 Å². The average molecular weight is 249 g/mol. The Hall–Kier alpha value is -1.88. The predicted octanol–water partition coefficient (Wildman–Crippen LogP) is 2.44. The molecule has 2 aromatic rings. The quantitative estimate of drug-likeness (QED) is 0.781. The lowest BCUT2D eigenvalue weighted by Crippen LogP contribution is -2.20. The fourth-order valence-corrected chi connectivity index (χ4v) is 1.96. The predicted molar refractivity (Wildman–Crippen MR) is 63.9 cm³/mol. The van der Waals surface area contributed by atoms with Gasteiger partial charge in [-0.3, -0.25) is 0 Å². The largest absolute Gasteiger partial charge is 0.471 e. The molecule has 1 aromatic heterocycles. The molecule has 0 aliphatic rings. The summed E-state index contributed by atoms with van der Waals surface area (Å²) in [7, 11) is 1.33. The Morgan fingerprint density at radius 1 is 1.35 bits per heavy atom. The van der Waals surface area contributed by atoms with E-state index < -0.39 is 12.1 Å². The number of rotatable bonds is 4. The number of ether oxygens (including phenoxy) is 2. The molecule has 0 saturated heterocycles. The van der Waals surface area contributed by atoms with Crippen LogP contribution in [-0.4, -0.2) is 18.1 Å². The molecule has 1 heterocycles. The van der Waals surface area contributed by atoms with Gasteiger partial charge >= 0.3 is 5.97 Å². The summed E-state index contributed by atoms with van der Waals surface area (Å²) in [6, 6.07) is 9.12. The minimum atomic E-state index is -0.803. The van der Waals surface area contributed by atoms with Crippen molar-refractivity contribution in [3.63, 3.8) is 0 Å². The van der Waals surface area contributed by atoms with Gasteiger partial charge in [0.05, 0.1) is 7.11 Å². The lowest BCUT2D eigenvalue weighted by Gasteiger charge is -2.14. The summed E-state index contributed by atoms with van der Waals surface area (Å²) in [5.74, 6) is 0.155. The van der Waals surface area contributed by atoms with Crippen LogP contribution in [0, 0.1) is 0 Å². The van der Waals surface area contributed by atoms with Crippen molar-refractivity contribution in [2.24, 2.45) is 0 Å². The van der Waals surface area contributed by atoms with Gasteiger partial charge in [-0.1, -0.05) is 18.2 Å². The normalized spacial score (nSPS) is 11.8. The fraction of sp³-hybridized carbons (Fsp3) is 0.167. The maximum absolute atomic E-state index is 11.6. The first-order chi connectivity index (χ1) is 8.31. The summed E-state index contributed by atoms with van der Waals surface area (Å²) < 4.78 is 10.3. The second-order valence-corrected chi connectivity index (χ2v) is 4.13. The molecule has 0 saturated carbocycles. The molecular weight excluding hydrogens is 238 g/mol. The molecule has 0 radical (unpaired) electrons. The highest BCUT2D eigenvalue weighted by Crippen LogP contribution is 2.24. The number of esters is 1. The molecule has 17 heavy (non-hydrogen) atoms. The third-order valence-electron chi connectivity index (χ3n) is 2.09. The van der Waals surface area contributed by atoms with Crippen molar-refractivity contribution < 1.29 is 14.3 Å². The smallest absolute Gasteiger partial charge is 0.354 e. The molecule has 5 heteroatoms. The molecule has 0 aliphatic heterocycles. The van der Waals surface area contributed by atoms with Crippen LogP contribution in [0.3, 0.4) is 0 Å². The molecule has 0 aliphatic carbocycles. The lowest BCUT2D eigenvalue weighted by molar-refractivity contribution is -0.149. The average Bonchev–Trinajstić information content (AvgIpc) is 2.90. The molecule has 1 aromatic carbocycles. The van der Waals surface area contributed by atoms with Gasteiger partial charge in [0, 0.05) is 11.6 Å². The molecule has 0 spiro atoms. The number of hydrogen-bond donors (Lipinski definition) is 0. The Morgan fingerprint density at radius 3 is 2.71 bits per heavy atom. The molecule has 0 bridgehead atoms. The number of carbonyl (C=O) groups is 1. The van der Waals surface area contributed by atoms with E-state index >= 15 is 0 Å². The molecule has 88 valence electrons. The number of nitrogens with zero attached hydrogens (tertiary/aromatic N) is 1. The van der Waals surface area contributed by atoms with Crippen LogP contribution < -0.4 is 4.74 Å².